The van der Waals surface area contributed by atoms with Gasteiger partial charge >= 0.3 is 5.97 Å². The summed E-state index contributed by atoms with van der Waals surface area (Å²) in [5.74, 6) is -0.828. The third-order valence-electron chi connectivity index (χ3n) is 2.75. The van der Waals surface area contributed by atoms with Crippen LogP contribution in [0, 0.1) is 4.91 Å². The molecule has 0 spiro atoms. The molecule has 1 aliphatic rings. The molecule has 0 saturated heterocycles. The highest BCUT2D eigenvalue weighted by Gasteiger charge is 2.38. The summed E-state index contributed by atoms with van der Waals surface area (Å²) in [4.78, 5) is 22.0. The van der Waals surface area contributed by atoms with E-state index in [9.17, 15) is 18.5 Å². The summed E-state index contributed by atoms with van der Waals surface area (Å²) in [6.45, 7) is 0.00650. The highest BCUT2D eigenvalue weighted by Crippen LogP contribution is 2.22. The van der Waals surface area contributed by atoms with Crippen LogP contribution in [0.3, 0.4) is 0 Å². The molecule has 0 aromatic heterocycles. The van der Waals surface area contributed by atoms with Crippen LogP contribution < -0.4 is 0 Å². The van der Waals surface area contributed by atoms with E-state index in [0.717, 1.165) is 5.56 Å². The van der Waals surface area contributed by atoms with Crippen molar-refractivity contribution in [1.29, 1.82) is 0 Å². The van der Waals surface area contributed by atoms with Gasteiger partial charge in [0.2, 0.25) is 0 Å². The van der Waals surface area contributed by atoms with Gasteiger partial charge < -0.3 is 4.74 Å². The quantitative estimate of drug-likeness (QED) is 0.613. The molecule has 0 fully saturated rings. The third kappa shape index (κ3) is 3.14. The number of hydrogen-bond acceptors (Lipinski definition) is 5. The number of esters is 1. The molecule has 106 valence electrons. The molecule has 6 nitrogen and oxygen atoms in total. The van der Waals surface area contributed by atoms with Gasteiger partial charge in [0, 0.05) is 6.42 Å². The number of benzene rings is 1. The molecule has 0 amide bonds. The number of hydrazone groups is 1. The molecule has 20 heavy (non-hydrogen) atoms. The summed E-state index contributed by atoms with van der Waals surface area (Å²) >= 11 is 0. The van der Waals surface area contributed by atoms with Crippen LogP contribution in [-0.4, -0.2) is 29.3 Å². The van der Waals surface area contributed by atoms with Crippen molar-refractivity contribution in [2.24, 2.45) is 10.4 Å². The molecule has 1 heterocycles. The Bertz CT molecular complexity index is 522. The number of nitrogens with zero attached hydrogens (tertiary/aromatic N) is 3. The third-order valence-corrected chi connectivity index (χ3v) is 2.75. The molecule has 0 bridgehead atoms. The Morgan fingerprint density at radius 1 is 1.45 bits per heavy atom. The summed E-state index contributed by atoms with van der Waals surface area (Å²) in [6.07, 6.45) is -3.19. The van der Waals surface area contributed by atoms with E-state index in [-0.39, 0.29) is 18.7 Å². The molecule has 1 aromatic carbocycles. The number of carbonyl (C=O) groups excluding carboxylic acids is 1. The Morgan fingerprint density at radius 3 is 2.70 bits per heavy atom. The summed E-state index contributed by atoms with van der Waals surface area (Å²) < 4.78 is 30.1. The maximum Gasteiger partial charge on any atom is 0.354 e. The van der Waals surface area contributed by atoms with Crippen molar-refractivity contribution < 1.29 is 18.3 Å². The highest BCUT2D eigenvalue weighted by molar-refractivity contribution is 6.36. The van der Waals surface area contributed by atoms with Crippen LogP contribution in [0.4, 0.5) is 8.78 Å². The fraction of sp³-hybridized carbons (Fsp3) is 0.333. The topological polar surface area (TPSA) is 71.3 Å². The second-order valence-electron chi connectivity index (χ2n) is 4.12. The number of nitroso groups, excluding NO2 is 1. The van der Waals surface area contributed by atoms with Crippen molar-refractivity contribution in [2.45, 2.75) is 25.5 Å². The monoisotopic (exact) mass is 283 g/mol. The van der Waals surface area contributed by atoms with Crippen LogP contribution in [0.25, 0.3) is 0 Å². The lowest BCUT2D eigenvalue weighted by molar-refractivity contribution is -0.136. The van der Waals surface area contributed by atoms with Crippen LogP contribution >= 0.6 is 0 Å². The van der Waals surface area contributed by atoms with Gasteiger partial charge in [-0.15, -0.1) is 15.1 Å². The van der Waals surface area contributed by atoms with E-state index in [0.29, 0.717) is 5.12 Å². The molecule has 1 atom stereocenters. The average Bonchev–Trinajstić information content (AvgIpc) is 2.90. The van der Waals surface area contributed by atoms with Crippen molar-refractivity contribution in [2.75, 3.05) is 0 Å². The Balaban J connectivity index is 1.95. The van der Waals surface area contributed by atoms with E-state index in [1.165, 1.54) is 0 Å². The second kappa shape index (κ2) is 6.18. The van der Waals surface area contributed by atoms with Gasteiger partial charge in [-0.25, -0.2) is 13.6 Å². The van der Waals surface area contributed by atoms with Crippen molar-refractivity contribution >= 4 is 11.7 Å². The van der Waals surface area contributed by atoms with Gasteiger partial charge in [-0.1, -0.05) is 30.3 Å². The summed E-state index contributed by atoms with van der Waals surface area (Å²) in [5.41, 5.74) is 0.529. The predicted molar refractivity (Wildman–Crippen MR) is 65.7 cm³/mol. The molecule has 1 aliphatic heterocycles. The van der Waals surface area contributed by atoms with Crippen LogP contribution in [0.1, 0.15) is 12.0 Å². The highest BCUT2D eigenvalue weighted by atomic mass is 19.3. The first-order valence-corrected chi connectivity index (χ1v) is 5.81. The molecular formula is C12H11F2N3O3. The number of halogens is 2. The van der Waals surface area contributed by atoms with Crippen molar-refractivity contribution in [3.63, 3.8) is 0 Å². The van der Waals surface area contributed by atoms with Crippen LogP contribution in [-0.2, 0) is 16.1 Å². The number of hydrogen-bond donors (Lipinski definition) is 0. The molecule has 1 unspecified atom stereocenters. The molecule has 1 aromatic rings. The van der Waals surface area contributed by atoms with E-state index in [1.54, 1.807) is 24.3 Å². The number of rotatable bonds is 5. The molecule has 0 aliphatic carbocycles. The van der Waals surface area contributed by atoms with E-state index >= 15 is 0 Å². The molecular weight excluding hydrogens is 272 g/mol. The minimum absolute atomic E-state index is 0.00650. The largest absolute Gasteiger partial charge is 0.456 e. The van der Waals surface area contributed by atoms with E-state index in [4.69, 9.17) is 4.74 Å². The van der Waals surface area contributed by atoms with Crippen LogP contribution in [0.2, 0.25) is 0 Å². The smallest absolute Gasteiger partial charge is 0.354 e. The van der Waals surface area contributed by atoms with Gasteiger partial charge in [0.15, 0.2) is 0 Å². The van der Waals surface area contributed by atoms with E-state index in [2.05, 4.69) is 10.4 Å². The number of carbonyl (C=O) groups is 1. The first-order chi connectivity index (χ1) is 9.61. The summed E-state index contributed by atoms with van der Waals surface area (Å²) in [5, 5.41) is 6.10. The van der Waals surface area contributed by atoms with Crippen molar-refractivity contribution in [3.05, 3.63) is 40.8 Å². The predicted octanol–water partition coefficient (Wildman–Crippen LogP) is 2.11. The van der Waals surface area contributed by atoms with Gasteiger partial charge in [0.05, 0.1) is 5.29 Å². The van der Waals surface area contributed by atoms with Gasteiger partial charge in [0.25, 0.3) is 6.43 Å². The van der Waals surface area contributed by atoms with Gasteiger partial charge in [-0.05, 0) is 5.56 Å². The fourth-order valence-corrected chi connectivity index (χ4v) is 1.72. The lowest BCUT2D eigenvalue weighted by Crippen LogP contribution is -2.29. The van der Waals surface area contributed by atoms with Gasteiger partial charge in [-0.2, -0.15) is 0 Å². The Hall–Kier alpha value is -2.38. The zero-order valence-electron chi connectivity index (χ0n) is 10.3. The molecule has 2 rings (SSSR count). The van der Waals surface area contributed by atoms with Crippen molar-refractivity contribution in [3.8, 4) is 0 Å². The average molecular weight is 283 g/mol. The summed E-state index contributed by atoms with van der Waals surface area (Å²) in [7, 11) is 0. The number of ether oxygens (including phenoxy) is 1. The minimum Gasteiger partial charge on any atom is -0.456 e. The van der Waals surface area contributed by atoms with Crippen LogP contribution in [0.5, 0.6) is 0 Å². The Kier molecular flexibility index (Phi) is 4.34. The number of alkyl halides is 2. The summed E-state index contributed by atoms with van der Waals surface area (Å²) in [6, 6.07) is 7.37. The Morgan fingerprint density at radius 2 is 2.15 bits per heavy atom. The lowest BCUT2D eigenvalue weighted by atomic mass is 10.1. The van der Waals surface area contributed by atoms with E-state index < -0.39 is 18.4 Å². The molecule has 8 heteroatoms. The van der Waals surface area contributed by atoms with Crippen molar-refractivity contribution in [1.82, 2.24) is 5.12 Å². The minimum atomic E-state index is -2.82. The first kappa shape index (κ1) is 14.0. The fourth-order valence-electron chi connectivity index (χ4n) is 1.72. The van der Waals surface area contributed by atoms with Gasteiger partial charge in [0.1, 0.15) is 18.4 Å². The first-order valence-electron chi connectivity index (χ1n) is 5.81. The molecule has 0 saturated carbocycles. The standard InChI is InChI=1S/C12H11F2N3O3/c13-11(14)10-6-9(15-17(10)16-19)12(18)20-7-8-4-2-1-3-5-8/h1-5,10-11H,6-7H2. The lowest BCUT2D eigenvalue weighted by Gasteiger charge is -2.12. The molecule has 0 N–H and O–H groups in total. The normalized spacial score (nSPS) is 18.1. The zero-order chi connectivity index (χ0) is 14.5. The molecule has 0 radical (unpaired) electrons. The second-order valence-corrected chi connectivity index (χ2v) is 4.12. The zero-order valence-corrected chi connectivity index (χ0v) is 10.3. The maximum absolute atomic E-state index is 12.6. The maximum atomic E-state index is 12.6. The SMILES string of the molecule is O=NN1N=C(C(=O)OCc2ccccc2)CC1C(F)F. The van der Waals surface area contributed by atoms with E-state index in [1.807, 2.05) is 6.07 Å². The van der Waals surface area contributed by atoms with Crippen LogP contribution in [0.15, 0.2) is 40.7 Å². The Labute approximate surface area is 113 Å². The van der Waals surface area contributed by atoms with Gasteiger partial charge in [-0.3, -0.25) is 0 Å².